The molecule has 0 fully saturated rings. The van der Waals surface area contributed by atoms with Crippen molar-refractivity contribution in [3.8, 4) is 0 Å². The fourth-order valence-electron chi connectivity index (χ4n) is 3.97. The smallest absolute Gasteiger partial charge is 0.351 e. The molecule has 1 aliphatic rings. The van der Waals surface area contributed by atoms with Crippen LogP contribution in [0.5, 0.6) is 0 Å². The van der Waals surface area contributed by atoms with Gasteiger partial charge in [0.25, 0.3) is 0 Å². The highest BCUT2D eigenvalue weighted by Crippen LogP contribution is 2.39. The minimum Gasteiger partial charge on any atom is -0.351 e. The Morgan fingerprint density at radius 2 is 1.97 bits per heavy atom. The molecule has 1 aliphatic carbocycles. The van der Waals surface area contributed by atoms with Gasteiger partial charge in [0.05, 0.1) is 34.2 Å². The zero-order chi connectivity index (χ0) is 26.2. The Bertz CT molecular complexity index is 1180. The van der Waals surface area contributed by atoms with Crippen LogP contribution in [0.25, 0.3) is 0 Å². The lowest BCUT2D eigenvalue weighted by Gasteiger charge is -2.36. The zero-order valence-corrected chi connectivity index (χ0v) is 20.5. The van der Waals surface area contributed by atoms with Crippen LogP contribution in [-0.2, 0) is 11.7 Å². The van der Waals surface area contributed by atoms with Crippen LogP contribution in [-0.4, -0.2) is 23.9 Å². The summed E-state index contributed by atoms with van der Waals surface area (Å²) in [6.07, 6.45) is 8.65. The molecule has 0 saturated heterocycles. The second-order valence-electron chi connectivity index (χ2n) is 8.21. The molecule has 3 rings (SSSR count). The SMILES string of the molecule is C=CNC(C)=NCCNC(CC1=CCC=CC=C1)(c1cc(F)cc(C(F)(F)F)c1)c1ccc(Cl)cn1. The molecule has 1 atom stereocenters. The van der Waals surface area contributed by atoms with Gasteiger partial charge in [-0.3, -0.25) is 9.98 Å². The van der Waals surface area contributed by atoms with Crippen LogP contribution >= 0.6 is 11.6 Å². The van der Waals surface area contributed by atoms with Crippen LogP contribution in [0.4, 0.5) is 17.6 Å². The second kappa shape index (κ2) is 12.1. The number of allylic oxidation sites excluding steroid dienone is 5. The fourth-order valence-corrected chi connectivity index (χ4v) is 4.08. The van der Waals surface area contributed by atoms with Gasteiger partial charge in [-0.1, -0.05) is 48.6 Å². The quantitative estimate of drug-likeness (QED) is 0.168. The van der Waals surface area contributed by atoms with E-state index in [0.29, 0.717) is 35.6 Å². The number of hydrogen-bond donors (Lipinski definition) is 2. The summed E-state index contributed by atoms with van der Waals surface area (Å²) >= 11 is 6.07. The van der Waals surface area contributed by atoms with Crippen molar-refractivity contribution in [2.24, 2.45) is 4.99 Å². The highest BCUT2D eigenvalue weighted by molar-refractivity contribution is 6.30. The summed E-state index contributed by atoms with van der Waals surface area (Å²) < 4.78 is 55.7. The Morgan fingerprint density at radius 1 is 1.19 bits per heavy atom. The van der Waals surface area contributed by atoms with Gasteiger partial charge in [-0.25, -0.2) is 4.39 Å². The lowest BCUT2D eigenvalue weighted by Crippen LogP contribution is -2.46. The van der Waals surface area contributed by atoms with Gasteiger partial charge in [0, 0.05) is 19.2 Å². The molecular weight excluding hydrogens is 492 g/mol. The zero-order valence-electron chi connectivity index (χ0n) is 19.7. The number of amidine groups is 1. The van der Waals surface area contributed by atoms with E-state index in [-0.39, 0.29) is 18.5 Å². The van der Waals surface area contributed by atoms with E-state index in [9.17, 15) is 17.6 Å². The van der Waals surface area contributed by atoms with Crippen molar-refractivity contribution < 1.29 is 17.6 Å². The van der Waals surface area contributed by atoms with Crippen molar-refractivity contribution >= 4 is 17.4 Å². The molecule has 0 aliphatic heterocycles. The second-order valence-corrected chi connectivity index (χ2v) is 8.65. The van der Waals surface area contributed by atoms with E-state index >= 15 is 0 Å². The van der Waals surface area contributed by atoms with Crippen molar-refractivity contribution in [1.82, 2.24) is 15.6 Å². The van der Waals surface area contributed by atoms with Gasteiger partial charge in [0.15, 0.2) is 0 Å². The Labute approximate surface area is 213 Å². The predicted molar refractivity (Wildman–Crippen MR) is 136 cm³/mol. The van der Waals surface area contributed by atoms with Gasteiger partial charge in [-0.15, -0.1) is 0 Å². The van der Waals surface area contributed by atoms with Crippen LogP contribution in [0, 0.1) is 5.82 Å². The topological polar surface area (TPSA) is 49.3 Å². The van der Waals surface area contributed by atoms with Gasteiger partial charge in [0.1, 0.15) is 5.82 Å². The van der Waals surface area contributed by atoms with E-state index in [0.717, 1.165) is 17.7 Å². The summed E-state index contributed by atoms with van der Waals surface area (Å²) in [6.45, 7) is 5.94. The first-order chi connectivity index (χ1) is 17.1. The number of halogens is 5. The standard InChI is InChI=1S/C27H27ClF4N4/c1-3-33-19(2)34-12-13-36-26(25-11-10-23(28)18-35-25,17-20-8-6-4-5-7-9-20)21-14-22(27(30,31)32)16-24(29)15-21/h3-6,8-11,14-16,18,36H,1,7,12-13,17H2,2H3,(H,33,34). The molecule has 1 heterocycles. The maximum absolute atomic E-state index is 14.6. The number of nitrogens with one attached hydrogen (secondary N) is 2. The Morgan fingerprint density at radius 3 is 2.67 bits per heavy atom. The van der Waals surface area contributed by atoms with Crippen LogP contribution in [0.3, 0.4) is 0 Å². The molecule has 1 unspecified atom stereocenters. The van der Waals surface area contributed by atoms with Gasteiger partial charge < -0.3 is 10.6 Å². The van der Waals surface area contributed by atoms with Gasteiger partial charge >= 0.3 is 6.18 Å². The normalized spacial score (nSPS) is 15.7. The van der Waals surface area contributed by atoms with Gasteiger partial charge in [-0.05, 0) is 61.0 Å². The highest BCUT2D eigenvalue weighted by atomic mass is 35.5. The lowest BCUT2D eigenvalue weighted by molar-refractivity contribution is -0.137. The number of benzene rings is 1. The van der Waals surface area contributed by atoms with E-state index in [2.05, 4.69) is 27.2 Å². The molecule has 0 saturated carbocycles. The number of aromatic nitrogens is 1. The number of rotatable bonds is 9. The van der Waals surface area contributed by atoms with Crippen LogP contribution in [0.2, 0.25) is 5.02 Å². The molecule has 0 spiro atoms. The van der Waals surface area contributed by atoms with E-state index < -0.39 is 23.1 Å². The fraction of sp³-hybridized carbons (Fsp3) is 0.259. The van der Waals surface area contributed by atoms with E-state index in [1.807, 2.05) is 30.4 Å². The third kappa shape index (κ3) is 7.15. The van der Waals surface area contributed by atoms with E-state index in [1.54, 1.807) is 19.1 Å². The molecule has 2 aromatic rings. The van der Waals surface area contributed by atoms with Crippen molar-refractivity contribution in [2.75, 3.05) is 13.1 Å². The molecule has 0 bridgehead atoms. The summed E-state index contributed by atoms with van der Waals surface area (Å²) in [7, 11) is 0. The minimum atomic E-state index is -4.72. The first kappa shape index (κ1) is 27.4. The van der Waals surface area contributed by atoms with Crippen LogP contribution < -0.4 is 10.6 Å². The predicted octanol–water partition coefficient (Wildman–Crippen LogP) is 6.71. The van der Waals surface area contributed by atoms with Crippen molar-refractivity contribution in [3.05, 3.63) is 113 Å². The average Bonchev–Trinajstić information content (AvgIpc) is 3.09. The summed E-state index contributed by atoms with van der Waals surface area (Å²) in [6, 6.07) is 5.83. The number of hydrogen-bond acceptors (Lipinski definition) is 3. The van der Waals surface area contributed by atoms with Gasteiger partial charge in [0.2, 0.25) is 0 Å². The number of pyridine rings is 1. The first-order valence-corrected chi connectivity index (χ1v) is 11.7. The molecule has 190 valence electrons. The molecule has 0 amide bonds. The minimum absolute atomic E-state index is 0.0982. The maximum Gasteiger partial charge on any atom is 0.416 e. The molecule has 1 aromatic carbocycles. The Hall–Kier alpha value is -3.23. The summed E-state index contributed by atoms with van der Waals surface area (Å²) in [5, 5.41) is 6.61. The third-order valence-electron chi connectivity index (χ3n) is 5.62. The van der Waals surface area contributed by atoms with Crippen LogP contribution in [0.15, 0.2) is 90.3 Å². The molecule has 9 heteroatoms. The summed E-state index contributed by atoms with van der Waals surface area (Å²) in [5.74, 6) is -0.358. The van der Waals surface area contributed by atoms with Crippen molar-refractivity contribution in [3.63, 3.8) is 0 Å². The summed E-state index contributed by atoms with van der Waals surface area (Å²) in [4.78, 5) is 8.85. The molecule has 1 aromatic heterocycles. The van der Waals surface area contributed by atoms with Crippen molar-refractivity contribution in [2.45, 2.75) is 31.5 Å². The first-order valence-electron chi connectivity index (χ1n) is 11.3. The monoisotopic (exact) mass is 518 g/mol. The Balaban J connectivity index is 2.17. The summed E-state index contributed by atoms with van der Waals surface area (Å²) in [5.41, 5.74) is -1.02. The van der Waals surface area contributed by atoms with Crippen LogP contribution in [0.1, 0.15) is 36.6 Å². The van der Waals surface area contributed by atoms with E-state index in [4.69, 9.17) is 11.6 Å². The lowest BCUT2D eigenvalue weighted by atomic mass is 9.79. The maximum atomic E-state index is 14.6. The van der Waals surface area contributed by atoms with E-state index in [1.165, 1.54) is 12.4 Å². The molecule has 36 heavy (non-hydrogen) atoms. The number of alkyl halides is 3. The van der Waals surface area contributed by atoms with Crippen molar-refractivity contribution in [1.29, 1.82) is 0 Å². The number of aliphatic imine (C=N–C) groups is 1. The number of nitrogens with zero attached hydrogens (tertiary/aromatic N) is 2. The molecule has 2 N–H and O–H groups in total. The molecular formula is C27H27ClF4N4. The van der Waals surface area contributed by atoms with Gasteiger partial charge in [-0.2, -0.15) is 13.2 Å². The highest BCUT2D eigenvalue weighted by Gasteiger charge is 2.39. The molecule has 0 radical (unpaired) electrons. The Kier molecular flexibility index (Phi) is 9.23. The third-order valence-corrected chi connectivity index (χ3v) is 5.85. The average molecular weight is 519 g/mol. The largest absolute Gasteiger partial charge is 0.416 e. The molecule has 4 nitrogen and oxygen atoms in total.